The summed E-state index contributed by atoms with van der Waals surface area (Å²) >= 11 is 0. The fourth-order valence-electron chi connectivity index (χ4n) is 2.97. The molecule has 0 saturated carbocycles. The van der Waals surface area contributed by atoms with Gasteiger partial charge >= 0.3 is 0 Å². The average Bonchev–Trinajstić information content (AvgIpc) is 2.55. The SMILES string of the molecule is CC[C@@H](Oc1ccc(C)c(C)c1)C(=O)N[C@H](C)c1ccc(C)cc1C. The summed E-state index contributed by atoms with van der Waals surface area (Å²) in [6.45, 7) is 12.2. The van der Waals surface area contributed by atoms with Crippen molar-refractivity contribution in [3.8, 4) is 5.75 Å². The summed E-state index contributed by atoms with van der Waals surface area (Å²) < 4.78 is 5.94. The Labute approximate surface area is 151 Å². The third-order valence-corrected chi connectivity index (χ3v) is 4.67. The first-order chi connectivity index (χ1) is 11.8. The van der Waals surface area contributed by atoms with Crippen molar-refractivity contribution in [2.75, 3.05) is 0 Å². The Morgan fingerprint density at radius 3 is 2.32 bits per heavy atom. The molecule has 0 bridgehead atoms. The van der Waals surface area contributed by atoms with Gasteiger partial charge in [0.25, 0.3) is 5.91 Å². The largest absolute Gasteiger partial charge is 0.481 e. The Morgan fingerprint density at radius 1 is 1.00 bits per heavy atom. The molecule has 0 saturated heterocycles. The first-order valence-corrected chi connectivity index (χ1v) is 8.93. The van der Waals surface area contributed by atoms with Crippen molar-refractivity contribution >= 4 is 5.91 Å². The van der Waals surface area contributed by atoms with Gasteiger partial charge in [0.05, 0.1) is 6.04 Å². The molecule has 0 aliphatic heterocycles. The lowest BCUT2D eigenvalue weighted by molar-refractivity contribution is -0.128. The summed E-state index contributed by atoms with van der Waals surface area (Å²) in [5.74, 6) is 0.664. The molecule has 3 heteroatoms. The van der Waals surface area contributed by atoms with Gasteiger partial charge in [-0.25, -0.2) is 0 Å². The first kappa shape index (κ1) is 19.0. The van der Waals surface area contributed by atoms with Crippen molar-refractivity contribution in [1.29, 1.82) is 0 Å². The number of carbonyl (C=O) groups excluding carboxylic acids is 1. The van der Waals surface area contributed by atoms with Crippen LogP contribution >= 0.6 is 0 Å². The summed E-state index contributed by atoms with van der Waals surface area (Å²) in [5.41, 5.74) is 5.94. The number of rotatable bonds is 6. The number of carbonyl (C=O) groups is 1. The van der Waals surface area contributed by atoms with Gasteiger partial charge in [-0.05, 0) is 75.4 Å². The van der Waals surface area contributed by atoms with Gasteiger partial charge in [0.1, 0.15) is 5.75 Å². The van der Waals surface area contributed by atoms with Crippen LogP contribution in [0.1, 0.15) is 54.1 Å². The van der Waals surface area contributed by atoms with E-state index in [9.17, 15) is 4.79 Å². The molecule has 0 spiro atoms. The Hall–Kier alpha value is -2.29. The van der Waals surface area contributed by atoms with E-state index >= 15 is 0 Å². The van der Waals surface area contributed by atoms with E-state index < -0.39 is 6.10 Å². The highest BCUT2D eigenvalue weighted by atomic mass is 16.5. The second-order valence-corrected chi connectivity index (χ2v) is 6.85. The third-order valence-electron chi connectivity index (χ3n) is 4.67. The maximum Gasteiger partial charge on any atom is 0.261 e. The lowest BCUT2D eigenvalue weighted by Crippen LogP contribution is -2.39. The quantitative estimate of drug-likeness (QED) is 0.808. The molecule has 0 aliphatic rings. The van der Waals surface area contributed by atoms with Crippen LogP contribution in [0.4, 0.5) is 0 Å². The van der Waals surface area contributed by atoms with Crippen LogP contribution in [-0.2, 0) is 4.79 Å². The zero-order chi connectivity index (χ0) is 18.6. The Balaban J connectivity index is 2.07. The van der Waals surface area contributed by atoms with Gasteiger partial charge in [-0.1, -0.05) is 36.8 Å². The van der Waals surface area contributed by atoms with Crippen LogP contribution in [0.5, 0.6) is 5.75 Å². The Morgan fingerprint density at radius 2 is 1.72 bits per heavy atom. The van der Waals surface area contributed by atoms with E-state index in [0.29, 0.717) is 6.42 Å². The molecule has 0 heterocycles. The Bertz CT molecular complexity index is 752. The Kier molecular flexibility index (Phi) is 6.24. The van der Waals surface area contributed by atoms with Crippen molar-refractivity contribution in [3.05, 3.63) is 64.2 Å². The van der Waals surface area contributed by atoms with Gasteiger partial charge in [-0.3, -0.25) is 4.79 Å². The van der Waals surface area contributed by atoms with Gasteiger partial charge in [0, 0.05) is 0 Å². The van der Waals surface area contributed by atoms with E-state index in [1.807, 2.05) is 39.0 Å². The zero-order valence-electron chi connectivity index (χ0n) is 16.1. The summed E-state index contributed by atoms with van der Waals surface area (Å²) in [4.78, 5) is 12.7. The molecule has 2 atom stereocenters. The number of benzene rings is 2. The van der Waals surface area contributed by atoms with E-state index in [-0.39, 0.29) is 11.9 Å². The number of nitrogens with one attached hydrogen (secondary N) is 1. The maximum atomic E-state index is 12.7. The van der Waals surface area contributed by atoms with Crippen LogP contribution in [0.15, 0.2) is 36.4 Å². The predicted molar refractivity (Wildman–Crippen MR) is 103 cm³/mol. The molecular formula is C22H29NO2. The van der Waals surface area contributed by atoms with Crippen molar-refractivity contribution in [2.24, 2.45) is 0 Å². The monoisotopic (exact) mass is 339 g/mol. The van der Waals surface area contributed by atoms with Crippen LogP contribution in [0.3, 0.4) is 0 Å². The molecule has 2 aromatic carbocycles. The van der Waals surface area contributed by atoms with E-state index in [4.69, 9.17) is 4.74 Å². The van der Waals surface area contributed by atoms with Gasteiger partial charge in [0.15, 0.2) is 6.10 Å². The van der Waals surface area contributed by atoms with Gasteiger partial charge < -0.3 is 10.1 Å². The number of aryl methyl sites for hydroxylation is 4. The molecule has 0 fully saturated rings. The molecule has 1 amide bonds. The van der Waals surface area contributed by atoms with Crippen LogP contribution < -0.4 is 10.1 Å². The molecule has 2 aromatic rings. The summed E-state index contributed by atoms with van der Waals surface area (Å²) in [6.07, 6.45) is 0.133. The molecule has 0 unspecified atom stereocenters. The summed E-state index contributed by atoms with van der Waals surface area (Å²) in [6, 6.07) is 12.2. The van der Waals surface area contributed by atoms with E-state index in [1.54, 1.807) is 0 Å². The number of amides is 1. The fourth-order valence-corrected chi connectivity index (χ4v) is 2.97. The van der Waals surface area contributed by atoms with E-state index in [2.05, 4.69) is 44.3 Å². The standard InChI is InChI=1S/C22H29NO2/c1-7-21(25-19-10-9-15(3)16(4)13-19)22(24)23-18(6)20-11-8-14(2)12-17(20)5/h8-13,18,21H,7H2,1-6H3,(H,23,24)/t18-,21-/m1/s1. The minimum Gasteiger partial charge on any atom is -0.481 e. The number of ether oxygens (including phenoxy) is 1. The van der Waals surface area contributed by atoms with Gasteiger partial charge in [0.2, 0.25) is 0 Å². The topological polar surface area (TPSA) is 38.3 Å². The lowest BCUT2D eigenvalue weighted by atomic mass is 10.00. The van der Waals surface area contributed by atoms with E-state index in [0.717, 1.165) is 16.9 Å². The third kappa shape index (κ3) is 4.85. The zero-order valence-corrected chi connectivity index (χ0v) is 16.1. The van der Waals surface area contributed by atoms with Crippen LogP contribution in [-0.4, -0.2) is 12.0 Å². The fraction of sp³-hybridized carbons (Fsp3) is 0.409. The smallest absolute Gasteiger partial charge is 0.261 e. The number of hydrogen-bond donors (Lipinski definition) is 1. The van der Waals surface area contributed by atoms with Crippen LogP contribution in [0.25, 0.3) is 0 Å². The van der Waals surface area contributed by atoms with Crippen molar-refractivity contribution in [2.45, 2.75) is 60.1 Å². The van der Waals surface area contributed by atoms with Crippen LogP contribution in [0.2, 0.25) is 0 Å². The van der Waals surface area contributed by atoms with Crippen molar-refractivity contribution in [3.63, 3.8) is 0 Å². The molecular weight excluding hydrogens is 310 g/mol. The maximum absolute atomic E-state index is 12.7. The second-order valence-electron chi connectivity index (χ2n) is 6.85. The van der Waals surface area contributed by atoms with Crippen LogP contribution in [0, 0.1) is 27.7 Å². The molecule has 0 aliphatic carbocycles. The molecule has 1 N–H and O–H groups in total. The van der Waals surface area contributed by atoms with Crippen molar-refractivity contribution in [1.82, 2.24) is 5.32 Å². The highest BCUT2D eigenvalue weighted by molar-refractivity contribution is 5.81. The van der Waals surface area contributed by atoms with Gasteiger partial charge in [-0.2, -0.15) is 0 Å². The molecule has 2 rings (SSSR count). The molecule has 134 valence electrons. The number of hydrogen-bond acceptors (Lipinski definition) is 2. The van der Waals surface area contributed by atoms with Crippen molar-refractivity contribution < 1.29 is 9.53 Å². The minimum absolute atomic E-state index is 0.0505. The highest BCUT2D eigenvalue weighted by Gasteiger charge is 2.21. The summed E-state index contributed by atoms with van der Waals surface area (Å²) in [5, 5.41) is 3.09. The molecule has 0 aromatic heterocycles. The molecule has 3 nitrogen and oxygen atoms in total. The molecule has 25 heavy (non-hydrogen) atoms. The average molecular weight is 339 g/mol. The second kappa shape index (κ2) is 8.19. The minimum atomic E-state index is -0.490. The highest BCUT2D eigenvalue weighted by Crippen LogP contribution is 2.21. The van der Waals surface area contributed by atoms with Gasteiger partial charge in [-0.15, -0.1) is 0 Å². The van der Waals surface area contributed by atoms with E-state index in [1.165, 1.54) is 16.7 Å². The normalized spacial score (nSPS) is 13.2. The first-order valence-electron chi connectivity index (χ1n) is 8.93. The predicted octanol–water partition coefficient (Wildman–Crippen LogP) is 4.96. The summed E-state index contributed by atoms with van der Waals surface area (Å²) in [7, 11) is 0. The molecule has 0 radical (unpaired) electrons. The lowest BCUT2D eigenvalue weighted by Gasteiger charge is -2.22.